The second-order valence-corrected chi connectivity index (χ2v) is 15.3. The minimum absolute atomic E-state index is 0. The van der Waals surface area contributed by atoms with Crippen molar-refractivity contribution in [2.75, 3.05) is 0 Å². The van der Waals surface area contributed by atoms with Crippen LogP contribution in [0.3, 0.4) is 0 Å². The van der Waals surface area contributed by atoms with E-state index >= 15 is 0 Å². The fraction of sp³-hybridized carbons (Fsp3) is 0.167. The zero-order valence-corrected chi connectivity index (χ0v) is 33.1. The molecule has 0 aliphatic heterocycles. The molecule has 2 heterocycles. The summed E-state index contributed by atoms with van der Waals surface area (Å²) in [5.74, 6) is 0.883. The van der Waals surface area contributed by atoms with Crippen LogP contribution in [0.4, 0.5) is 0 Å². The Balaban J connectivity index is 0.00000400. The minimum Gasteiger partial charge on any atom is -0.507 e. The van der Waals surface area contributed by atoms with Gasteiger partial charge in [-0.3, -0.25) is 9.55 Å². The molecule has 0 saturated heterocycles. The number of rotatable bonds is 4. The average Bonchev–Trinajstić information content (AvgIpc) is 3.52. The largest absolute Gasteiger partial charge is 0.507 e. The number of fused-ring (bicyclic) bond motifs is 3. The van der Waals surface area contributed by atoms with Crippen LogP contribution in [-0.2, 0) is 32.9 Å². The number of hydrogen-bond acceptors (Lipinski definition) is 3. The smallest absolute Gasteiger partial charge is 0.148 e. The van der Waals surface area contributed by atoms with Crippen LogP contribution >= 0.6 is 0 Å². The number of benzene rings is 6. The fourth-order valence-corrected chi connectivity index (χ4v) is 8.29. The SMILES string of the molecule is Cc1cc(C)c2c(c1)Cc1ccnc3c(-c4[c-]c(-c5cccc6c5nc(-c5ccccc5O)n6-c5ccc(C(C)(C)C)cc5)ccc4)cc(C)c-2c13.[Pt]. The Morgan fingerprint density at radius 2 is 1.38 bits per heavy atom. The molecule has 0 amide bonds. The van der Waals surface area contributed by atoms with Crippen LogP contribution in [0.25, 0.3) is 72.4 Å². The predicted molar refractivity (Wildman–Crippen MR) is 214 cm³/mol. The maximum absolute atomic E-state index is 11.0. The van der Waals surface area contributed by atoms with E-state index < -0.39 is 0 Å². The van der Waals surface area contributed by atoms with Crippen molar-refractivity contribution >= 4 is 21.9 Å². The molecular formula is C48H40N3OPt-. The molecule has 0 radical (unpaired) electrons. The molecule has 53 heavy (non-hydrogen) atoms. The molecule has 0 bridgehead atoms. The molecule has 0 saturated carbocycles. The van der Waals surface area contributed by atoms with Gasteiger partial charge in [-0.05, 0) is 108 Å². The van der Waals surface area contributed by atoms with Crippen LogP contribution in [0, 0.1) is 26.8 Å². The summed E-state index contributed by atoms with van der Waals surface area (Å²) in [6.07, 6.45) is 2.86. The molecule has 1 aliphatic carbocycles. The van der Waals surface area contributed by atoms with Gasteiger partial charge in [-0.1, -0.05) is 92.1 Å². The van der Waals surface area contributed by atoms with E-state index in [1.165, 1.54) is 49.9 Å². The monoisotopic (exact) mass is 869 g/mol. The first-order valence-corrected chi connectivity index (χ1v) is 18.0. The van der Waals surface area contributed by atoms with Crippen molar-refractivity contribution in [3.05, 3.63) is 155 Å². The van der Waals surface area contributed by atoms with E-state index in [-0.39, 0.29) is 32.2 Å². The number of nitrogens with zero attached hydrogens (tertiary/aromatic N) is 3. The van der Waals surface area contributed by atoms with Crippen molar-refractivity contribution in [3.63, 3.8) is 0 Å². The zero-order valence-electron chi connectivity index (χ0n) is 30.8. The summed E-state index contributed by atoms with van der Waals surface area (Å²) in [6, 6.07) is 41.7. The van der Waals surface area contributed by atoms with E-state index in [0.29, 0.717) is 11.4 Å². The van der Waals surface area contributed by atoms with E-state index in [1.54, 1.807) is 6.07 Å². The second kappa shape index (κ2) is 13.0. The van der Waals surface area contributed by atoms with Crippen molar-refractivity contribution < 1.29 is 26.2 Å². The summed E-state index contributed by atoms with van der Waals surface area (Å²) in [4.78, 5) is 10.3. The third-order valence-corrected chi connectivity index (χ3v) is 10.7. The Hall–Kier alpha value is -5.31. The van der Waals surface area contributed by atoms with Gasteiger partial charge in [0.05, 0.1) is 16.6 Å². The predicted octanol–water partition coefficient (Wildman–Crippen LogP) is 11.9. The average molecular weight is 870 g/mol. The number of phenolic OH excluding ortho intramolecular Hbond substituents is 1. The Kier molecular flexibility index (Phi) is 8.50. The molecule has 2 aromatic heterocycles. The Morgan fingerprint density at radius 3 is 2.13 bits per heavy atom. The summed E-state index contributed by atoms with van der Waals surface area (Å²) in [7, 11) is 0. The van der Waals surface area contributed by atoms with Gasteiger partial charge in [-0.25, -0.2) is 4.98 Å². The van der Waals surface area contributed by atoms with Crippen LogP contribution in [0.5, 0.6) is 5.75 Å². The molecule has 1 aliphatic rings. The Morgan fingerprint density at radius 1 is 0.679 bits per heavy atom. The van der Waals surface area contributed by atoms with Crippen molar-refractivity contribution in [2.24, 2.45) is 0 Å². The first-order chi connectivity index (χ1) is 25.1. The van der Waals surface area contributed by atoms with E-state index in [4.69, 9.17) is 9.97 Å². The third kappa shape index (κ3) is 5.72. The van der Waals surface area contributed by atoms with Crippen LogP contribution in [0.1, 0.15) is 54.2 Å². The van der Waals surface area contributed by atoms with Crippen molar-refractivity contribution in [3.8, 4) is 56.2 Å². The maximum Gasteiger partial charge on any atom is 0.148 e. The quantitative estimate of drug-likeness (QED) is 0.179. The molecule has 0 atom stereocenters. The van der Waals surface area contributed by atoms with Crippen molar-refractivity contribution in [2.45, 2.75) is 53.4 Å². The third-order valence-electron chi connectivity index (χ3n) is 10.7. The van der Waals surface area contributed by atoms with Gasteiger partial charge in [-0.2, -0.15) is 0 Å². The van der Waals surface area contributed by atoms with E-state index in [9.17, 15) is 5.11 Å². The summed E-state index contributed by atoms with van der Waals surface area (Å²) in [5.41, 5.74) is 19.0. The first kappa shape index (κ1) is 34.8. The van der Waals surface area contributed by atoms with Gasteiger partial charge in [0, 0.05) is 43.9 Å². The van der Waals surface area contributed by atoms with Crippen LogP contribution in [0.2, 0.25) is 0 Å². The number of aromatic hydroxyl groups is 1. The fourth-order valence-electron chi connectivity index (χ4n) is 8.29. The van der Waals surface area contributed by atoms with E-state index in [2.05, 4.69) is 137 Å². The molecule has 8 aromatic rings. The van der Waals surface area contributed by atoms with Gasteiger partial charge in [-0.15, -0.1) is 35.4 Å². The normalized spacial score (nSPS) is 12.2. The summed E-state index contributed by atoms with van der Waals surface area (Å²) in [6.45, 7) is 13.3. The number of imidazole rings is 1. The molecule has 0 spiro atoms. The van der Waals surface area contributed by atoms with Gasteiger partial charge in [0.25, 0.3) is 0 Å². The summed E-state index contributed by atoms with van der Waals surface area (Å²) in [5, 5.41) is 12.3. The van der Waals surface area contributed by atoms with Crippen LogP contribution in [-0.4, -0.2) is 19.6 Å². The molecular weight excluding hydrogens is 830 g/mol. The van der Waals surface area contributed by atoms with Gasteiger partial charge in [0.1, 0.15) is 11.6 Å². The number of phenols is 1. The molecule has 1 N–H and O–H groups in total. The van der Waals surface area contributed by atoms with Gasteiger partial charge < -0.3 is 5.11 Å². The number of aryl methyl sites for hydroxylation is 3. The zero-order chi connectivity index (χ0) is 35.9. The number of para-hydroxylation sites is 2. The molecule has 0 fully saturated rings. The summed E-state index contributed by atoms with van der Waals surface area (Å²) < 4.78 is 2.16. The Bertz CT molecular complexity index is 2730. The topological polar surface area (TPSA) is 50.9 Å². The summed E-state index contributed by atoms with van der Waals surface area (Å²) >= 11 is 0. The number of aromatic nitrogens is 3. The molecule has 0 unspecified atom stereocenters. The van der Waals surface area contributed by atoms with Crippen molar-refractivity contribution in [1.29, 1.82) is 0 Å². The molecule has 264 valence electrons. The van der Waals surface area contributed by atoms with Crippen LogP contribution in [0.15, 0.2) is 115 Å². The number of hydrogen-bond donors (Lipinski definition) is 1. The molecule has 5 heteroatoms. The standard InChI is InChI=1S/C48H40N3O.Pt/c1-28-23-29(2)42-34(24-28)27-33-21-22-49-46-39(25-30(3)43(42)44(33)46)32-12-9-11-31(26-32)37-14-10-15-40-45(37)50-47(38-13-7-8-16-41(38)52)51(40)36-19-17-35(18-20-36)48(4,5)6;/h7-25,52H,27H2,1-6H3;/q-1;. The van der Waals surface area contributed by atoms with E-state index in [0.717, 1.165) is 50.9 Å². The molecule has 6 aromatic carbocycles. The van der Waals surface area contributed by atoms with Crippen LogP contribution < -0.4 is 0 Å². The van der Waals surface area contributed by atoms with Crippen molar-refractivity contribution in [1.82, 2.24) is 14.5 Å². The molecule has 4 nitrogen and oxygen atoms in total. The first-order valence-electron chi connectivity index (χ1n) is 18.0. The van der Waals surface area contributed by atoms with Gasteiger partial charge >= 0.3 is 0 Å². The molecule has 9 rings (SSSR count). The Labute approximate surface area is 325 Å². The minimum atomic E-state index is 0. The number of pyridine rings is 1. The second-order valence-electron chi connectivity index (χ2n) is 15.3. The van der Waals surface area contributed by atoms with E-state index in [1.807, 2.05) is 24.4 Å². The maximum atomic E-state index is 11.0. The van der Waals surface area contributed by atoms with Gasteiger partial charge in [0.15, 0.2) is 0 Å². The van der Waals surface area contributed by atoms with Gasteiger partial charge in [0.2, 0.25) is 0 Å².